The fourth-order valence-electron chi connectivity index (χ4n) is 2.17. The minimum absolute atomic E-state index is 0.0557. The maximum Gasteiger partial charge on any atom is 0.252 e. The first-order valence-electron chi connectivity index (χ1n) is 8.31. The SMILES string of the molecule is CCCCOc1ccc(N(C)C(=O)COCc2ccccc2)cc1. The van der Waals surface area contributed by atoms with Crippen LogP contribution in [-0.2, 0) is 16.1 Å². The van der Waals surface area contributed by atoms with E-state index in [2.05, 4.69) is 6.92 Å². The molecule has 0 aliphatic carbocycles. The highest BCUT2D eigenvalue weighted by atomic mass is 16.5. The van der Waals surface area contributed by atoms with Crippen molar-refractivity contribution >= 4 is 11.6 Å². The van der Waals surface area contributed by atoms with E-state index in [9.17, 15) is 4.79 Å². The molecule has 0 N–H and O–H groups in total. The van der Waals surface area contributed by atoms with Gasteiger partial charge in [0.15, 0.2) is 0 Å². The molecule has 0 saturated carbocycles. The molecule has 4 heteroatoms. The number of likely N-dealkylation sites (N-methyl/N-ethyl adjacent to an activating group) is 1. The average molecular weight is 327 g/mol. The van der Waals surface area contributed by atoms with Crippen molar-refractivity contribution in [3.8, 4) is 5.75 Å². The third-order valence-corrected chi connectivity index (χ3v) is 3.70. The number of anilines is 1. The van der Waals surface area contributed by atoms with Crippen molar-refractivity contribution in [2.24, 2.45) is 0 Å². The first kappa shape index (κ1) is 18.0. The molecule has 1 amide bonds. The van der Waals surface area contributed by atoms with E-state index in [0.717, 1.165) is 36.4 Å². The van der Waals surface area contributed by atoms with E-state index in [-0.39, 0.29) is 12.5 Å². The summed E-state index contributed by atoms with van der Waals surface area (Å²) >= 11 is 0. The molecular formula is C20H25NO3. The van der Waals surface area contributed by atoms with Crippen molar-refractivity contribution in [3.63, 3.8) is 0 Å². The minimum Gasteiger partial charge on any atom is -0.494 e. The Balaban J connectivity index is 1.79. The summed E-state index contributed by atoms with van der Waals surface area (Å²) < 4.78 is 11.1. The third kappa shape index (κ3) is 5.70. The summed E-state index contributed by atoms with van der Waals surface area (Å²) in [5.41, 5.74) is 1.88. The Morgan fingerprint density at radius 2 is 1.75 bits per heavy atom. The van der Waals surface area contributed by atoms with Gasteiger partial charge in [0, 0.05) is 12.7 Å². The second-order valence-corrected chi connectivity index (χ2v) is 5.63. The highest BCUT2D eigenvalue weighted by molar-refractivity contribution is 5.93. The van der Waals surface area contributed by atoms with Crippen LogP contribution in [0.25, 0.3) is 0 Å². The van der Waals surface area contributed by atoms with Crippen LogP contribution in [0.3, 0.4) is 0 Å². The number of unbranched alkanes of at least 4 members (excludes halogenated alkanes) is 1. The summed E-state index contributed by atoms with van der Waals surface area (Å²) in [5.74, 6) is 0.749. The van der Waals surface area contributed by atoms with Gasteiger partial charge in [-0.2, -0.15) is 0 Å². The van der Waals surface area contributed by atoms with Crippen LogP contribution >= 0.6 is 0 Å². The molecule has 0 unspecified atom stereocenters. The monoisotopic (exact) mass is 327 g/mol. The molecule has 24 heavy (non-hydrogen) atoms. The van der Waals surface area contributed by atoms with E-state index in [1.54, 1.807) is 11.9 Å². The second-order valence-electron chi connectivity index (χ2n) is 5.63. The lowest BCUT2D eigenvalue weighted by Gasteiger charge is -2.18. The molecule has 0 heterocycles. The van der Waals surface area contributed by atoms with Crippen molar-refractivity contribution in [2.45, 2.75) is 26.4 Å². The van der Waals surface area contributed by atoms with Gasteiger partial charge in [-0.05, 0) is 36.2 Å². The number of rotatable bonds is 9. The third-order valence-electron chi connectivity index (χ3n) is 3.70. The lowest BCUT2D eigenvalue weighted by Crippen LogP contribution is -2.30. The first-order valence-corrected chi connectivity index (χ1v) is 8.31. The summed E-state index contributed by atoms with van der Waals surface area (Å²) in [6.45, 7) is 3.34. The summed E-state index contributed by atoms with van der Waals surface area (Å²) in [6, 6.07) is 17.4. The molecule has 0 aromatic heterocycles. The van der Waals surface area contributed by atoms with Gasteiger partial charge in [0.1, 0.15) is 12.4 Å². The Hall–Kier alpha value is -2.33. The van der Waals surface area contributed by atoms with E-state index in [0.29, 0.717) is 6.61 Å². The van der Waals surface area contributed by atoms with Crippen molar-refractivity contribution in [3.05, 3.63) is 60.2 Å². The highest BCUT2D eigenvalue weighted by Gasteiger charge is 2.11. The predicted octanol–water partition coefficient (Wildman–Crippen LogP) is 4.05. The number of benzene rings is 2. The molecule has 0 aliphatic rings. The fourth-order valence-corrected chi connectivity index (χ4v) is 2.17. The molecule has 0 saturated heterocycles. The van der Waals surface area contributed by atoms with Gasteiger partial charge in [0.2, 0.25) is 0 Å². The molecule has 0 spiro atoms. The van der Waals surface area contributed by atoms with Gasteiger partial charge >= 0.3 is 0 Å². The zero-order valence-electron chi connectivity index (χ0n) is 14.4. The topological polar surface area (TPSA) is 38.8 Å². The standard InChI is InChI=1S/C20H25NO3/c1-3-4-14-24-19-12-10-18(11-13-19)21(2)20(22)16-23-15-17-8-6-5-7-9-17/h5-13H,3-4,14-16H2,1-2H3. The molecule has 2 rings (SSSR count). The largest absolute Gasteiger partial charge is 0.494 e. The fraction of sp³-hybridized carbons (Fsp3) is 0.350. The number of nitrogens with zero attached hydrogens (tertiary/aromatic N) is 1. The van der Waals surface area contributed by atoms with Gasteiger partial charge < -0.3 is 14.4 Å². The van der Waals surface area contributed by atoms with Crippen LogP contribution in [0, 0.1) is 0 Å². The summed E-state index contributed by atoms with van der Waals surface area (Å²) in [7, 11) is 1.75. The lowest BCUT2D eigenvalue weighted by molar-refractivity contribution is -0.123. The minimum atomic E-state index is -0.0782. The van der Waals surface area contributed by atoms with E-state index in [1.807, 2.05) is 54.6 Å². The Kier molecular flexibility index (Phi) is 7.30. The second kappa shape index (κ2) is 9.73. The zero-order valence-corrected chi connectivity index (χ0v) is 14.4. The molecule has 0 atom stereocenters. The number of ether oxygens (including phenoxy) is 2. The normalized spacial score (nSPS) is 10.4. The van der Waals surface area contributed by atoms with Gasteiger partial charge in [-0.3, -0.25) is 4.79 Å². The van der Waals surface area contributed by atoms with Crippen LogP contribution in [0.5, 0.6) is 5.75 Å². The predicted molar refractivity (Wildman–Crippen MR) is 96.4 cm³/mol. The van der Waals surface area contributed by atoms with E-state index in [1.165, 1.54) is 0 Å². The molecule has 0 bridgehead atoms. The van der Waals surface area contributed by atoms with Crippen molar-refractivity contribution < 1.29 is 14.3 Å². The molecule has 0 fully saturated rings. The quantitative estimate of drug-likeness (QED) is 0.652. The van der Waals surface area contributed by atoms with Crippen LogP contribution in [0.1, 0.15) is 25.3 Å². The van der Waals surface area contributed by atoms with Gasteiger partial charge in [-0.25, -0.2) is 0 Å². The molecule has 0 radical (unpaired) electrons. The van der Waals surface area contributed by atoms with Crippen LogP contribution in [0.4, 0.5) is 5.69 Å². The molecule has 0 aliphatic heterocycles. The lowest BCUT2D eigenvalue weighted by atomic mass is 10.2. The van der Waals surface area contributed by atoms with Crippen molar-refractivity contribution in [1.29, 1.82) is 0 Å². The van der Waals surface area contributed by atoms with Gasteiger partial charge in [-0.15, -0.1) is 0 Å². The number of carbonyl (C=O) groups excluding carboxylic acids is 1. The Bertz CT molecular complexity index is 611. The Labute approximate surface area is 144 Å². The molecule has 2 aromatic rings. The molecule has 4 nitrogen and oxygen atoms in total. The van der Waals surface area contributed by atoms with Crippen molar-refractivity contribution in [1.82, 2.24) is 0 Å². The number of hydrogen-bond donors (Lipinski definition) is 0. The first-order chi connectivity index (χ1) is 11.7. The van der Waals surface area contributed by atoms with E-state index in [4.69, 9.17) is 9.47 Å². The van der Waals surface area contributed by atoms with Gasteiger partial charge in [0.25, 0.3) is 5.91 Å². The maximum absolute atomic E-state index is 12.2. The van der Waals surface area contributed by atoms with E-state index < -0.39 is 0 Å². The van der Waals surface area contributed by atoms with E-state index >= 15 is 0 Å². The zero-order chi connectivity index (χ0) is 17.2. The Morgan fingerprint density at radius 3 is 2.42 bits per heavy atom. The van der Waals surface area contributed by atoms with Crippen LogP contribution in [0.15, 0.2) is 54.6 Å². The highest BCUT2D eigenvalue weighted by Crippen LogP contribution is 2.19. The smallest absolute Gasteiger partial charge is 0.252 e. The van der Waals surface area contributed by atoms with Crippen molar-refractivity contribution in [2.75, 3.05) is 25.2 Å². The molecule has 128 valence electrons. The van der Waals surface area contributed by atoms with Gasteiger partial charge in [-0.1, -0.05) is 43.7 Å². The average Bonchev–Trinajstić information content (AvgIpc) is 2.63. The van der Waals surface area contributed by atoms with Gasteiger partial charge in [0.05, 0.1) is 13.2 Å². The summed E-state index contributed by atoms with van der Waals surface area (Å²) in [6.07, 6.45) is 2.15. The summed E-state index contributed by atoms with van der Waals surface area (Å²) in [4.78, 5) is 13.8. The van der Waals surface area contributed by atoms with Crippen LogP contribution < -0.4 is 9.64 Å². The maximum atomic E-state index is 12.2. The number of carbonyl (C=O) groups is 1. The number of amides is 1. The van der Waals surface area contributed by atoms with Crippen LogP contribution in [-0.4, -0.2) is 26.2 Å². The summed E-state index contributed by atoms with van der Waals surface area (Å²) in [5, 5.41) is 0. The molecule has 2 aromatic carbocycles. The number of hydrogen-bond acceptors (Lipinski definition) is 3. The Morgan fingerprint density at radius 1 is 1.04 bits per heavy atom. The van der Waals surface area contributed by atoms with Crippen LogP contribution in [0.2, 0.25) is 0 Å². The molecular weight excluding hydrogens is 302 g/mol.